The van der Waals surface area contributed by atoms with Crippen LogP contribution in [0, 0.1) is 0 Å². The van der Waals surface area contributed by atoms with Crippen molar-refractivity contribution in [2.45, 2.75) is 6.61 Å². The minimum Gasteiger partial charge on any atom is -0.433 e. The Balaban J connectivity index is 3.13. The maximum atomic E-state index is 12.0. The third-order valence-electron chi connectivity index (χ3n) is 1.44. The zero-order valence-electron chi connectivity index (χ0n) is 7.14. The van der Waals surface area contributed by atoms with E-state index in [0.717, 1.165) is 0 Å². The smallest absolute Gasteiger partial charge is 0.387 e. The SMILES string of the molecule is O=CNc1c(Br)cc(Br)cc1OC(F)F. The lowest BCUT2D eigenvalue weighted by atomic mass is 10.3. The highest BCUT2D eigenvalue weighted by atomic mass is 79.9. The van der Waals surface area contributed by atoms with Gasteiger partial charge in [0.15, 0.2) is 5.75 Å². The van der Waals surface area contributed by atoms with Crippen molar-refractivity contribution >= 4 is 44.0 Å². The molecule has 3 nitrogen and oxygen atoms in total. The molecule has 0 heterocycles. The van der Waals surface area contributed by atoms with E-state index in [1.54, 1.807) is 6.07 Å². The van der Waals surface area contributed by atoms with Crippen molar-refractivity contribution in [1.82, 2.24) is 0 Å². The molecule has 1 amide bonds. The van der Waals surface area contributed by atoms with E-state index in [4.69, 9.17) is 0 Å². The summed E-state index contributed by atoms with van der Waals surface area (Å²) in [6.45, 7) is -2.95. The second-order valence-corrected chi connectivity index (χ2v) is 4.17. The second-order valence-electron chi connectivity index (χ2n) is 2.40. The number of alkyl halides is 2. The van der Waals surface area contributed by atoms with Crippen LogP contribution in [0.15, 0.2) is 21.1 Å². The molecule has 0 aliphatic rings. The molecule has 82 valence electrons. The lowest BCUT2D eigenvalue weighted by Gasteiger charge is -2.11. The van der Waals surface area contributed by atoms with Gasteiger partial charge in [0.05, 0.1) is 5.69 Å². The van der Waals surface area contributed by atoms with Crippen molar-refractivity contribution in [2.24, 2.45) is 0 Å². The van der Waals surface area contributed by atoms with Crippen molar-refractivity contribution in [2.75, 3.05) is 5.32 Å². The van der Waals surface area contributed by atoms with Gasteiger partial charge in [-0.1, -0.05) is 15.9 Å². The van der Waals surface area contributed by atoms with Crippen LogP contribution in [0.4, 0.5) is 14.5 Å². The molecule has 0 radical (unpaired) electrons. The number of hydrogen-bond donors (Lipinski definition) is 1. The molecule has 0 unspecified atom stereocenters. The lowest BCUT2D eigenvalue weighted by molar-refractivity contribution is -0.105. The maximum absolute atomic E-state index is 12.0. The first kappa shape index (κ1) is 12.4. The van der Waals surface area contributed by atoms with Crippen LogP contribution in [-0.2, 0) is 4.79 Å². The number of anilines is 1. The summed E-state index contributed by atoms with van der Waals surface area (Å²) in [4.78, 5) is 10.3. The molecule has 15 heavy (non-hydrogen) atoms. The van der Waals surface area contributed by atoms with Gasteiger partial charge in [-0.15, -0.1) is 0 Å². The Kier molecular flexibility index (Phi) is 4.46. The summed E-state index contributed by atoms with van der Waals surface area (Å²) in [6, 6.07) is 2.94. The Labute approximate surface area is 101 Å². The molecule has 1 rings (SSSR count). The second kappa shape index (κ2) is 5.41. The summed E-state index contributed by atoms with van der Waals surface area (Å²) < 4.78 is 29.3. The first-order valence-corrected chi connectivity index (χ1v) is 5.27. The fourth-order valence-electron chi connectivity index (χ4n) is 0.938. The predicted octanol–water partition coefficient (Wildman–Crippen LogP) is 3.38. The van der Waals surface area contributed by atoms with Crippen molar-refractivity contribution in [3.8, 4) is 5.75 Å². The lowest BCUT2D eigenvalue weighted by Crippen LogP contribution is -2.06. The highest BCUT2D eigenvalue weighted by molar-refractivity contribution is 9.11. The number of carbonyl (C=O) groups is 1. The maximum Gasteiger partial charge on any atom is 0.387 e. The zero-order valence-corrected chi connectivity index (χ0v) is 10.3. The molecule has 0 spiro atoms. The molecule has 1 aromatic carbocycles. The van der Waals surface area contributed by atoms with Gasteiger partial charge in [0, 0.05) is 8.95 Å². The summed E-state index contributed by atoms with van der Waals surface area (Å²) in [7, 11) is 0. The summed E-state index contributed by atoms with van der Waals surface area (Å²) in [5, 5.41) is 2.27. The van der Waals surface area contributed by atoms with Crippen LogP contribution in [0.5, 0.6) is 5.75 Å². The molecule has 0 fully saturated rings. The summed E-state index contributed by atoms with van der Waals surface area (Å²) in [5.74, 6) is -0.113. The molecule has 0 bridgehead atoms. The number of halogens is 4. The van der Waals surface area contributed by atoms with Crippen LogP contribution >= 0.6 is 31.9 Å². The average molecular weight is 345 g/mol. The Morgan fingerprint density at radius 1 is 1.40 bits per heavy atom. The fourth-order valence-corrected chi connectivity index (χ4v) is 2.24. The summed E-state index contributed by atoms with van der Waals surface area (Å²) in [5.41, 5.74) is 0.161. The molecule has 1 N–H and O–H groups in total. The Morgan fingerprint density at radius 2 is 2.07 bits per heavy atom. The largest absolute Gasteiger partial charge is 0.433 e. The molecular weight excluding hydrogens is 340 g/mol. The quantitative estimate of drug-likeness (QED) is 0.850. The van der Waals surface area contributed by atoms with Crippen LogP contribution < -0.4 is 10.1 Å². The van der Waals surface area contributed by atoms with Crippen molar-refractivity contribution in [3.05, 3.63) is 21.1 Å². The third-order valence-corrected chi connectivity index (χ3v) is 2.52. The van der Waals surface area contributed by atoms with Gasteiger partial charge in [-0.05, 0) is 28.1 Å². The van der Waals surface area contributed by atoms with Crippen LogP contribution in [0.2, 0.25) is 0 Å². The van der Waals surface area contributed by atoms with Crippen LogP contribution in [-0.4, -0.2) is 13.0 Å². The van der Waals surface area contributed by atoms with E-state index in [-0.39, 0.29) is 11.4 Å². The van der Waals surface area contributed by atoms with E-state index in [1.165, 1.54) is 6.07 Å². The van der Waals surface area contributed by atoms with Gasteiger partial charge in [0.1, 0.15) is 0 Å². The van der Waals surface area contributed by atoms with E-state index in [0.29, 0.717) is 15.4 Å². The van der Waals surface area contributed by atoms with Gasteiger partial charge in [-0.2, -0.15) is 8.78 Å². The molecule has 0 aliphatic carbocycles. The predicted molar refractivity (Wildman–Crippen MR) is 58.2 cm³/mol. The minimum atomic E-state index is -2.95. The van der Waals surface area contributed by atoms with E-state index in [2.05, 4.69) is 41.9 Å². The first-order chi connectivity index (χ1) is 7.04. The number of benzene rings is 1. The van der Waals surface area contributed by atoms with E-state index < -0.39 is 6.61 Å². The van der Waals surface area contributed by atoms with E-state index in [9.17, 15) is 13.6 Å². The standard InChI is InChI=1S/C8H5Br2F2NO2/c9-4-1-5(10)7(13-3-14)6(2-4)15-8(11)12/h1-3,8H,(H,13,14). The third kappa shape index (κ3) is 3.42. The van der Waals surface area contributed by atoms with Crippen LogP contribution in [0.3, 0.4) is 0 Å². The van der Waals surface area contributed by atoms with Crippen molar-refractivity contribution < 1.29 is 18.3 Å². The van der Waals surface area contributed by atoms with Gasteiger partial charge in [0.2, 0.25) is 6.41 Å². The Hall–Kier alpha value is -0.690. The molecule has 1 aromatic rings. The number of hydrogen-bond acceptors (Lipinski definition) is 2. The van der Waals surface area contributed by atoms with Crippen molar-refractivity contribution in [3.63, 3.8) is 0 Å². The normalized spacial score (nSPS) is 10.2. The number of ether oxygens (including phenoxy) is 1. The molecule has 7 heteroatoms. The molecule has 0 saturated carbocycles. The van der Waals surface area contributed by atoms with E-state index in [1.807, 2.05) is 0 Å². The highest BCUT2D eigenvalue weighted by Gasteiger charge is 2.13. The summed E-state index contributed by atoms with van der Waals surface area (Å²) >= 11 is 6.23. The molecule has 0 aliphatic heterocycles. The number of carbonyl (C=O) groups excluding carboxylic acids is 1. The molecule has 0 atom stereocenters. The highest BCUT2D eigenvalue weighted by Crippen LogP contribution is 2.36. The topological polar surface area (TPSA) is 38.3 Å². The summed E-state index contributed by atoms with van der Waals surface area (Å²) in [6.07, 6.45) is 0.381. The van der Waals surface area contributed by atoms with Crippen molar-refractivity contribution in [1.29, 1.82) is 0 Å². The first-order valence-electron chi connectivity index (χ1n) is 3.68. The van der Waals surface area contributed by atoms with Crippen LogP contribution in [0.1, 0.15) is 0 Å². The van der Waals surface area contributed by atoms with E-state index >= 15 is 0 Å². The van der Waals surface area contributed by atoms with Gasteiger partial charge in [0.25, 0.3) is 0 Å². The number of amides is 1. The average Bonchev–Trinajstić information content (AvgIpc) is 2.10. The number of nitrogens with one attached hydrogen (secondary N) is 1. The van der Waals surface area contributed by atoms with Gasteiger partial charge >= 0.3 is 6.61 Å². The monoisotopic (exact) mass is 343 g/mol. The minimum absolute atomic E-state index is 0.113. The Morgan fingerprint density at radius 3 is 2.60 bits per heavy atom. The Bertz CT molecular complexity index is 374. The molecular formula is C8H5Br2F2NO2. The van der Waals surface area contributed by atoms with Crippen LogP contribution in [0.25, 0.3) is 0 Å². The fraction of sp³-hybridized carbons (Fsp3) is 0.125. The van der Waals surface area contributed by atoms with Gasteiger partial charge in [-0.25, -0.2) is 0 Å². The molecule has 0 saturated heterocycles. The molecule has 0 aromatic heterocycles. The zero-order chi connectivity index (χ0) is 11.4. The van der Waals surface area contributed by atoms with Gasteiger partial charge < -0.3 is 10.1 Å². The number of rotatable bonds is 4. The van der Waals surface area contributed by atoms with Gasteiger partial charge in [-0.3, -0.25) is 4.79 Å².